The molecule has 0 saturated heterocycles. The molecule has 0 heterocycles. The molecule has 1 rings (SSSR count). The summed E-state index contributed by atoms with van der Waals surface area (Å²) in [7, 11) is 0. The predicted octanol–water partition coefficient (Wildman–Crippen LogP) is 4.35. The second-order valence-electron chi connectivity index (χ2n) is 4.36. The fourth-order valence-corrected chi connectivity index (χ4v) is 1.45. The van der Waals surface area contributed by atoms with Gasteiger partial charge in [0.1, 0.15) is 11.9 Å². The lowest BCUT2D eigenvalue weighted by Crippen LogP contribution is -2.63. The van der Waals surface area contributed by atoms with Crippen molar-refractivity contribution in [3.8, 4) is 6.07 Å². The van der Waals surface area contributed by atoms with E-state index in [1.165, 1.54) is 0 Å². The summed E-state index contributed by atoms with van der Waals surface area (Å²) in [6, 6.07) is 1.41. The number of Topliss-reactive ketones (excluding diaryl/α,β-unsaturated/α-hetero) is 1. The summed E-state index contributed by atoms with van der Waals surface area (Å²) < 4.78 is 127. The normalized spacial score (nSPS) is 13.5. The molecule has 24 heavy (non-hydrogen) atoms. The third-order valence-electron chi connectivity index (χ3n) is 2.78. The van der Waals surface area contributed by atoms with Crippen molar-refractivity contribution in [1.29, 1.82) is 5.26 Å². The molecule has 2 nitrogen and oxygen atoms in total. The molecule has 0 unspecified atom stereocenters. The van der Waals surface area contributed by atoms with Gasteiger partial charge in [-0.05, 0) is 18.2 Å². The minimum Gasteiger partial charge on any atom is -0.287 e. The molecule has 0 spiro atoms. The van der Waals surface area contributed by atoms with Crippen LogP contribution in [0.2, 0.25) is 0 Å². The van der Waals surface area contributed by atoms with Gasteiger partial charge < -0.3 is 0 Å². The molecule has 0 aliphatic carbocycles. The molecule has 0 bridgehead atoms. The van der Waals surface area contributed by atoms with Gasteiger partial charge in [0.2, 0.25) is 5.78 Å². The molecule has 0 N–H and O–H groups in total. The molecule has 0 fully saturated rings. The first-order valence-electron chi connectivity index (χ1n) is 5.56. The summed E-state index contributed by atoms with van der Waals surface area (Å²) in [6.07, 6.45) is -7.07. The lowest BCUT2D eigenvalue weighted by Gasteiger charge is -2.32. The standard InChI is InChI=1S/C12H3F10NO/c13-7-2-1-5(3-6(7)4-23)8(24)9(14,15)10(16,17)11(18,19)12(20,21)22/h1-3H. The molecule has 0 atom stereocenters. The van der Waals surface area contributed by atoms with Crippen LogP contribution in [0.25, 0.3) is 0 Å². The first kappa shape index (κ1) is 19.7. The summed E-state index contributed by atoms with van der Waals surface area (Å²) >= 11 is 0. The SMILES string of the molecule is N#Cc1cc(C(=O)C(F)(F)C(F)(F)C(F)(F)C(F)(F)F)ccc1F. The van der Waals surface area contributed by atoms with Crippen LogP contribution in [0.15, 0.2) is 18.2 Å². The molecule has 0 radical (unpaired) electrons. The molecule has 0 aromatic heterocycles. The number of carbonyl (C=O) groups excluding carboxylic acids is 1. The van der Waals surface area contributed by atoms with Gasteiger partial charge in [-0.1, -0.05) is 0 Å². The fraction of sp³-hybridized carbons (Fsp3) is 0.333. The maximum Gasteiger partial charge on any atom is 0.460 e. The first-order valence-corrected chi connectivity index (χ1v) is 5.56. The molecular weight excluding hydrogens is 364 g/mol. The fourth-order valence-electron chi connectivity index (χ4n) is 1.45. The minimum atomic E-state index is -7.22. The number of rotatable bonds is 4. The third-order valence-corrected chi connectivity index (χ3v) is 2.78. The van der Waals surface area contributed by atoms with E-state index in [2.05, 4.69) is 0 Å². The zero-order chi connectivity index (χ0) is 19.1. The van der Waals surface area contributed by atoms with Gasteiger partial charge in [0, 0.05) is 5.56 Å². The van der Waals surface area contributed by atoms with Crippen LogP contribution in [0.3, 0.4) is 0 Å². The highest BCUT2D eigenvalue weighted by Gasteiger charge is 2.83. The highest BCUT2D eigenvalue weighted by atomic mass is 19.4. The summed E-state index contributed by atoms with van der Waals surface area (Å²) in [6.45, 7) is 0. The van der Waals surface area contributed by atoms with Crippen molar-refractivity contribution in [1.82, 2.24) is 0 Å². The summed E-state index contributed by atoms with van der Waals surface area (Å²) in [5.41, 5.74) is -2.63. The molecular formula is C12H3F10NO. The number of nitrogens with zero attached hydrogens (tertiary/aromatic N) is 1. The Balaban J connectivity index is 3.43. The number of halogens is 10. The monoisotopic (exact) mass is 367 g/mol. The number of benzene rings is 1. The van der Waals surface area contributed by atoms with Crippen molar-refractivity contribution >= 4 is 5.78 Å². The van der Waals surface area contributed by atoms with E-state index in [-0.39, 0.29) is 18.2 Å². The van der Waals surface area contributed by atoms with Gasteiger partial charge in [-0.25, -0.2) is 4.39 Å². The quantitative estimate of drug-likeness (QED) is 0.587. The summed E-state index contributed by atoms with van der Waals surface area (Å²) in [5, 5.41) is 8.42. The number of hydrogen-bond acceptors (Lipinski definition) is 2. The van der Waals surface area contributed by atoms with Gasteiger partial charge in [-0.15, -0.1) is 0 Å². The Kier molecular flexibility index (Phi) is 4.64. The number of carbonyl (C=O) groups is 1. The molecule has 12 heteroatoms. The van der Waals surface area contributed by atoms with Crippen molar-refractivity contribution in [2.45, 2.75) is 23.9 Å². The molecule has 1 aromatic rings. The summed E-state index contributed by atoms with van der Waals surface area (Å²) in [4.78, 5) is 11.3. The van der Waals surface area contributed by atoms with Gasteiger partial charge in [-0.2, -0.15) is 44.8 Å². The Hall–Kier alpha value is -2.32. The molecule has 0 amide bonds. The van der Waals surface area contributed by atoms with Crippen LogP contribution in [0.5, 0.6) is 0 Å². The maximum absolute atomic E-state index is 13.4. The van der Waals surface area contributed by atoms with E-state index < -0.39 is 46.7 Å². The van der Waals surface area contributed by atoms with Gasteiger partial charge >= 0.3 is 23.9 Å². The highest BCUT2D eigenvalue weighted by molar-refractivity contribution is 6.02. The Morgan fingerprint density at radius 1 is 0.917 bits per heavy atom. The van der Waals surface area contributed by atoms with E-state index in [9.17, 15) is 48.7 Å². The smallest absolute Gasteiger partial charge is 0.287 e. The van der Waals surface area contributed by atoms with Crippen molar-refractivity contribution in [3.05, 3.63) is 35.1 Å². The molecule has 132 valence electrons. The van der Waals surface area contributed by atoms with Crippen LogP contribution >= 0.6 is 0 Å². The largest absolute Gasteiger partial charge is 0.460 e. The zero-order valence-corrected chi connectivity index (χ0v) is 10.9. The van der Waals surface area contributed by atoms with E-state index >= 15 is 0 Å². The molecule has 0 saturated carbocycles. The molecule has 1 aromatic carbocycles. The lowest BCUT2D eigenvalue weighted by molar-refractivity contribution is -0.386. The van der Waals surface area contributed by atoms with Crippen LogP contribution in [0.1, 0.15) is 15.9 Å². The van der Waals surface area contributed by atoms with Crippen molar-refractivity contribution in [3.63, 3.8) is 0 Å². The van der Waals surface area contributed by atoms with E-state index in [1.807, 2.05) is 0 Å². The lowest BCUT2D eigenvalue weighted by atomic mass is 9.95. The van der Waals surface area contributed by atoms with Crippen LogP contribution in [0.4, 0.5) is 43.9 Å². The van der Waals surface area contributed by atoms with Crippen molar-refractivity contribution in [2.24, 2.45) is 0 Å². The third kappa shape index (κ3) is 2.78. The highest BCUT2D eigenvalue weighted by Crippen LogP contribution is 2.53. The van der Waals surface area contributed by atoms with Crippen LogP contribution in [0, 0.1) is 17.1 Å². The second-order valence-corrected chi connectivity index (χ2v) is 4.36. The van der Waals surface area contributed by atoms with E-state index in [1.54, 1.807) is 0 Å². The van der Waals surface area contributed by atoms with Gasteiger partial charge in [0.25, 0.3) is 0 Å². The van der Waals surface area contributed by atoms with Gasteiger partial charge in [-0.3, -0.25) is 4.79 Å². The van der Waals surface area contributed by atoms with E-state index in [0.717, 1.165) is 6.07 Å². The number of alkyl halides is 9. The Bertz CT molecular complexity index is 701. The van der Waals surface area contributed by atoms with Crippen LogP contribution in [-0.2, 0) is 0 Å². The van der Waals surface area contributed by atoms with Gasteiger partial charge in [0.15, 0.2) is 0 Å². The second kappa shape index (κ2) is 5.64. The summed E-state index contributed by atoms with van der Waals surface area (Å²) in [5.74, 6) is -25.3. The minimum absolute atomic E-state index is 0.0212. The predicted molar refractivity (Wildman–Crippen MR) is 56.3 cm³/mol. The zero-order valence-electron chi connectivity index (χ0n) is 10.9. The Labute approximate surface area is 126 Å². The molecule has 0 aliphatic rings. The number of nitriles is 1. The Morgan fingerprint density at radius 3 is 1.83 bits per heavy atom. The number of ketones is 1. The van der Waals surface area contributed by atoms with Gasteiger partial charge in [0.05, 0.1) is 5.56 Å². The maximum atomic E-state index is 13.4. The number of hydrogen-bond donors (Lipinski definition) is 0. The van der Waals surface area contributed by atoms with E-state index in [4.69, 9.17) is 5.26 Å². The Morgan fingerprint density at radius 2 is 1.42 bits per heavy atom. The molecule has 0 aliphatic heterocycles. The van der Waals surface area contributed by atoms with Crippen LogP contribution < -0.4 is 0 Å². The van der Waals surface area contributed by atoms with Crippen LogP contribution in [-0.4, -0.2) is 29.7 Å². The average Bonchev–Trinajstić information content (AvgIpc) is 2.45. The average molecular weight is 367 g/mol. The van der Waals surface area contributed by atoms with Crippen molar-refractivity contribution in [2.75, 3.05) is 0 Å². The topological polar surface area (TPSA) is 40.9 Å². The van der Waals surface area contributed by atoms with Crippen molar-refractivity contribution < 1.29 is 48.7 Å². The first-order chi connectivity index (χ1) is 10.6. The van der Waals surface area contributed by atoms with E-state index in [0.29, 0.717) is 0 Å².